The SMILES string of the molecule is CC(C)NC1(C(=O)O)CCc2ccccc2C1. The number of benzene rings is 1. The molecule has 0 bridgehead atoms. The van der Waals surface area contributed by atoms with Gasteiger partial charge < -0.3 is 5.11 Å². The number of aryl methyl sites for hydroxylation is 1. The fourth-order valence-corrected chi connectivity index (χ4v) is 2.66. The topological polar surface area (TPSA) is 49.3 Å². The minimum absolute atomic E-state index is 0.177. The number of carboxylic acid groups (broad SMARTS) is 1. The Morgan fingerprint density at radius 1 is 1.35 bits per heavy atom. The van der Waals surface area contributed by atoms with Gasteiger partial charge in [-0.05, 0) is 37.8 Å². The molecule has 0 amide bonds. The van der Waals surface area contributed by atoms with Crippen LogP contribution in [0, 0.1) is 0 Å². The number of fused-ring (bicyclic) bond motifs is 1. The van der Waals surface area contributed by atoms with Crippen LogP contribution in [-0.2, 0) is 17.6 Å². The third kappa shape index (κ3) is 2.34. The maximum atomic E-state index is 11.6. The van der Waals surface area contributed by atoms with Gasteiger partial charge in [0.25, 0.3) is 0 Å². The van der Waals surface area contributed by atoms with E-state index in [0.29, 0.717) is 12.8 Å². The van der Waals surface area contributed by atoms with E-state index in [1.807, 2.05) is 32.0 Å². The zero-order valence-corrected chi connectivity index (χ0v) is 10.4. The highest BCUT2D eigenvalue weighted by molar-refractivity contribution is 5.80. The monoisotopic (exact) mass is 233 g/mol. The molecule has 2 N–H and O–H groups in total. The number of hydrogen-bond donors (Lipinski definition) is 2. The molecule has 0 fully saturated rings. The molecule has 92 valence electrons. The van der Waals surface area contributed by atoms with Gasteiger partial charge in [0.1, 0.15) is 5.54 Å². The van der Waals surface area contributed by atoms with Gasteiger partial charge in [-0.15, -0.1) is 0 Å². The third-order valence-electron chi connectivity index (χ3n) is 3.41. The van der Waals surface area contributed by atoms with Gasteiger partial charge in [0, 0.05) is 12.5 Å². The van der Waals surface area contributed by atoms with E-state index >= 15 is 0 Å². The van der Waals surface area contributed by atoms with Gasteiger partial charge in [-0.3, -0.25) is 10.1 Å². The average Bonchev–Trinajstić information content (AvgIpc) is 2.27. The zero-order chi connectivity index (χ0) is 12.5. The first kappa shape index (κ1) is 12.1. The van der Waals surface area contributed by atoms with Gasteiger partial charge in [-0.1, -0.05) is 24.3 Å². The van der Waals surface area contributed by atoms with Crippen LogP contribution in [0.4, 0.5) is 0 Å². The highest BCUT2D eigenvalue weighted by Gasteiger charge is 2.41. The highest BCUT2D eigenvalue weighted by atomic mass is 16.4. The number of carboxylic acids is 1. The summed E-state index contributed by atoms with van der Waals surface area (Å²) in [5.74, 6) is -0.735. The van der Waals surface area contributed by atoms with Crippen LogP contribution in [0.1, 0.15) is 31.4 Å². The predicted octanol–water partition coefficient (Wildman–Crippen LogP) is 2.00. The lowest BCUT2D eigenvalue weighted by Crippen LogP contribution is -2.57. The van der Waals surface area contributed by atoms with Crippen molar-refractivity contribution in [1.82, 2.24) is 5.32 Å². The van der Waals surface area contributed by atoms with Crippen LogP contribution in [0.3, 0.4) is 0 Å². The van der Waals surface area contributed by atoms with Crippen LogP contribution in [0.5, 0.6) is 0 Å². The number of aliphatic carboxylic acids is 1. The van der Waals surface area contributed by atoms with E-state index in [1.54, 1.807) is 0 Å². The smallest absolute Gasteiger partial charge is 0.324 e. The summed E-state index contributed by atoms with van der Waals surface area (Å²) < 4.78 is 0. The Bertz CT molecular complexity index is 428. The first-order valence-electron chi connectivity index (χ1n) is 6.11. The van der Waals surface area contributed by atoms with Crippen molar-refractivity contribution in [3.63, 3.8) is 0 Å². The molecular formula is C14H19NO2. The molecule has 0 radical (unpaired) electrons. The largest absolute Gasteiger partial charge is 0.480 e. The maximum absolute atomic E-state index is 11.6. The molecule has 3 nitrogen and oxygen atoms in total. The third-order valence-corrected chi connectivity index (χ3v) is 3.41. The molecule has 0 saturated carbocycles. The van der Waals surface area contributed by atoms with Crippen molar-refractivity contribution < 1.29 is 9.90 Å². The van der Waals surface area contributed by atoms with Crippen LogP contribution < -0.4 is 5.32 Å². The van der Waals surface area contributed by atoms with Gasteiger partial charge in [0.2, 0.25) is 0 Å². The van der Waals surface area contributed by atoms with Gasteiger partial charge in [-0.25, -0.2) is 0 Å². The summed E-state index contributed by atoms with van der Waals surface area (Å²) in [5.41, 5.74) is 1.66. The number of nitrogens with one attached hydrogen (secondary N) is 1. The van der Waals surface area contributed by atoms with E-state index in [2.05, 4.69) is 11.4 Å². The fourth-order valence-electron chi connectivity index (χ4n) is 2.66. The van der Waals surface area contributed by atoms with E-state index in [1.165, 1.54) is 5.56 Å². The van der Waals surface area contributed by atoms with E-state index < -0.39 is 11.5 Å². The van der Waals surface area contributed by atoms with E-state index in [9.17, 15) is 9.90 Å². The van der Waals surface area contributed by atoms with Crippen molar-refractivity contribution in [2.24, 2.45) is 0 Å². The Labute approximate surface area is 102 Å². The second-order valence-corrected chi connectivity index (χ2v) is 5.13. The maximum Gasteiger partial charge on any atom is 0.324 e. The predicted molar refractivity (Wildman–Crippen MR) is 67.1 cm³/mol. The molecule has 1 atom stereocenters. The molecule has 3 heteroatoms. The Morgan fingerprint density at radius 2 is 2.00 bits per heavy atom. The van der Waals surface area contributed by atoms with Gasteiger partial charge >= 0.3 is 5.97 Å². The van der Waals surface area contributed by atoms with Crippen molar-refractivity contribution in [3.8, 4) is 0 Å². The second kappa shape index (κ2) is 4.49. The summed E-state index contributed by atoms with van der Waals surface area (Å²) in [7, 11) is 0. The molecule has 17 heavy (non-hydrogen) atoms. The minimum Gasteiger partial charge on any atom is -0.480 e. The number of carbonyl (C=O) groups is 1. The number of hydrogen-bond acceptors (Lipinski definition) is 2. The molecule has 0 saturated heterocycles. The first-order valence-corrected chi connectivity index (χ1v) is 6.11. The molecule has 1 aromatic carbocycles. The second-order valence-electron chi connectivity index (χ2n) is 5.13. The molecule has 1 aliphatic rings. The highest BCUT2D eigenvalue weighted by Crippen LogP contribution is 2.29. The Kier molecular flexibility index (Phi) is 3.20. The van der Waals surface area contributed by atoms with Gasteiger partial charge in [0.15, 0.2) is 0 Å². The number of rotatable bonds is 3. The fraction of sp³-hybridized carbons (Fsp3) is 0.500. The van der Waals surface area contributed by atoms with Crippen LogP contribution >= 0.6 is 0 Å². The van der Waals surface area contributed by atoms with Crippen molar-refractivity contribution in [2.75, 3.05) is 0 Å². The summed E-state index contributed by atoms with van der Waals surface area (Å²) in [6, 6.07) is 8.30. The first-order chi connectivity index (χ1) is 8.03. The van der Waals surface area contributed by atoms with E-state index in [0.717, 1.165) is 12.0 Å². The summed E-state index contributed by atoms with van der Waals surface area (Å²) in [6.45, 7) is 3.98. The lowest BCUT2D eigenvalue weighted by atomic mass is 9.77. The molecule has 0 aromatic heterocycles. The van der Waals surface area contributed by atoms with Crippen molar-refractivity contribution >= 4 is 5.97 Å². The average molecular weight is 233 g/mol. The van der Waals surface area contributed by atoms with Crippen LogP contribution in [0.25, 0.3) is 0 Å². The van der Waals surface area contributed by atoms with Crippen LogP contribution in [0.15, 0.2) is 24.3 Å². The molecule has 0 aliphatic heterocycles. The Balaban J connectivity index is 2.31. The molecule has 0 spiro atoms. The van der Waals surface area contributed by atoms with Gasteiger partial charge in [-0.2, -0.15) is 0 Å². The molecule has 1 aromatic rings. The molecular weight excluding hydrogens is 214 g/mol. The summed E-state index contributed by atoms with van der Waals surface area (Å²) in [4.78, 5) is 11.6. The lowest BCUT2D eigenvalue weighted by Gasteiger charge is -2.37. The standard InChI is InChI=1S/C14H19NO2/c1-10(2)15-14(13(16)17)8-7-11-5-3-4-6-12(11)9-14/h3-6,10,15H,7-9H2,1-2H3,(H,16,17). The zero-order valence-electron chi connectivity index (χ0n) is 10.4. The summed E-state index contributed by atoms with van der Waals surface area (Å²) >= 11 is 0. The van der Waals surface area contributed by atoms with Gasteiger partial charge in [0.05, 0.1) is 0 Å². The van der Waals surface area contributed by atoms with E-state index in [-0.39, 0.29) is 6.04 Å². The lowest BCUT2D eigenvalue weighted by molar-refractivity contribution is -0.145. The van der Waals surface area contributed by atoms with Crippen LogP contribution in [-0.4, -0.2) is 22.7 Å². The Hall–Kier alpha value is -1.35. The molecule has 0 heterocycles. The quantitative estimate of drug-likeness (QED) is 0.839. The van der Waals surface area contributed by atoms with Crippen molar-refractivity contribution in [2.45, 2.75) is 44.7 Å². The Morgan fingerprint density at radius 3 is 2.59 bits per heavy atom. The van der Waals surface area contributed by atoms with E-state index in [4.69, 9.17) is 0 Å². The van der Waals surface area contributed by atoms with Crippen molar-refractivity contribution in [3.05, 3.63) is 35.4 Å². The minimum atomic E-state index is -0.789. The van der Waals surface area contributed by atoms with Crippen LogP contribution in [0.2, 0.25) is 0 Å². The summed E-state index contributed by atoms with van der Waals surface area (Å²) in [5, 5.41) is 12.7. The summed E-state index contributed by atoms with van der Waals surface area (Å²) in [6.07, 6.45) is 2.08. The molecule has 1 unspecified atom stereocenters. The molecule has 1 aliphatic carbocycles. The van der Waals surface area contributed by atoms with Crippen molar-refractivity contribution in [1.29, 1.82) is 0 Å². The molecule has 2 rings (SSSR count). The normalized spacial score (nSPS) is 23.5.